The zero-order valence-corrected chi connectivity index (χ0v) is 16.4. The fourth-order valence-corrected chi connectivity index (χ4v) is 3.10. The zero-order valence-electron chi connectivity index (χ0n) is 16.4. The number of oxazole rings is 1. The number of aryl methyl sites for hydroxylation is 2. The summed E-state index contributed by atoms with van der Waals surface area (Å²) in [6, 6.07) is 21.1. The molecule has 0 atom stereocenters. The van der Waals surface area contributed by atoms with E-state index in [2.05, 4.69) is 17.2 Å². The van der Waals surface area contributed by atoms with Crippen LogP contribution in [0.3, 0.4) is 0 Å². The Labute approximate surface area is 169 Å². The lowest BCUT2D eigenvalue weighted by Crippen LogP contribution is -2.20. The van der Waals surface area contributed by atoms with Crippen LogP contribution < -0.4 is 10.1 Å². The molecule has 0 fully saturated rings. The average molecular weight is 386 g/mol. The predicted octanol–water partition coefficient (Wildman–Crippen LogP) is 5.38. The number of nitrogens with zero attached hydrogens (tertiary/aromatic N) is 1. The van der Waals surface area contributed by atoms with Crippen LogP contribution in [-0.4, -0.2) is 17.5 Å². The minimum Gasteiger partial charge on any atom is -0.484 e. The van der Waals surface area contributed by atoms with Gasteiger partial charge in [0.25, 0.3) is 5.91 Å². The Balaban J connectivity index is 1.43. The van der Waals surface area contributed by atoms with Gasteiger partial charge >= 0.3 is 0 Å². The number of hydrogen-bond acceptors (Lipinski definition) is 4. The maximum absolute atomic E-state index is 12.2. The molecule has 5 nitrogen and oxygen atoms in total. The first-order valence-corrected chi connectivity index (χ1v) is 9.60. The molecule has 1 amide bonds. The number of aromatic nitrogens is 1. The Morgan fingerprint density at radius 2 is 1.86 bits per heavy atom. The second-order valence-corrected chi connectivity index (χ2v) is 6.85. The molecule has 0 bridgehead atoms. The van der Waals surface area contributed by atoms with Crippen molar-refractivity contribution in [2.45, 2.75) is 20.3 Å². The fraction of sp³-hybridized carbons (Fsp3) is 0.167. The van der Waals surface area contributed by atoms with Crippen LogP contribution in [0.4, 0.5) is 5.69 Å². The van der Waals surface area contributed by atoms with Crippen LogP contribution >= 0.6 is 0 Å². The molecule has 1 heterocycles. The molecule has 1 aromatic heterocycles. The molecule has 5 heteroatoms. The van der Waals surface area contributed by atoms with Gasteiger partial charge in [-0.05, 0) is 54.8 Å². The molecule has 0 saturated carbocycles. The van der Waals surface area contributed by atoms with Gasteiger partial charge in [-0.25, -0.2) is 4.98 Å². The van der Waals surface area contributed by atoms with E-state index in [1.807, 2.05) is 61.5 Å². The van der Waals surface area contributed by atoms with Crippen molar-refractivity contribution in [1.29, 1.82) is 0 Å². The van der Waals surface area contributed by atoms with Crippen molar-refractivity contribution < 1.29 is 13.9 Å². The second-order valence-electron chi connectivity index (χ2n) is 6.85. The number of hydrogen-bond donors (Lipinski definition) is 1. The van der Waals surface area contributed by atoms with Crippen LogP contribution in [0.25, 0.3) is 22.6 Å². The topological polar surface area (TPSA) is 64.4 Å². The maximum atomic E-state index is 12.2. The van der Waals surface area contributed by atoms with Crippen molar-refractivity contribution in [2.24, 2.45) is 0 Å². The third-order valence-corrected chi connectivity index (χ3v) is 4.75. The SMILES string of the molecule is CCc1ccc(OCC(=O)Nc2ccc3nc(-c4ccccc4C)oc3c2)cc1. The number of carbonyl (C=O) groups is 1. The van der Waals surface area contributed by atoms with Crippen molar-refractivity contribution in [1.82, 2.24) is 4.98 Å². The highest BCUT2D eigenvalue weighted by Crippen LogP contribution is 2.28. The Kier molecular flexibility index (Phi) is 5.29. The minimum atomic E-state index is -0.234. The third-order valence-electron chi connectivity index (χ3n) is 4.75. The smallest absolute Gasteiger partial charge is 0.262 e. The first-order valence-electron chi connectivity index (χ1n) is 9.60. The summed E-state index contributed by atoms with van der Waals surface area (Å²) in [6.07, 6.45) is 0.969. The Morgan fingerprint density at radius 1 is 1.07 bits per heavy atom. The van der Waals surface area contributed by atoms with Crippen molar-refractivity contribution in [2.75, 3.05) is 11.9 Å². The molecule has 1 N–H and O–H groups in total. The summed E-state index contributed by atoms with van der Waals surface area (Å²) in [5, 5.41) is 2.84. The summed E-state index contributed by atoms with van der Waals surface area (Å²) in [5.41, 5.74) is 5.28. The molecule has 0 saturated heterocycles. The molecule has 0 unspecified atom stereocenters. The second kappa shape index (κ2) is 8.19. The van der Waals surface area contributed by atoms with E-state index in [9.17, 15) is 4.79 Å². The summed E-state index contributed by atoms with van der Waals surface area (Å²) in [6.45, 7) is 4.05. The first-order chi connectivity index (χ1) is 14.1. The molecule has 0 aliphatic carbocycles. The van der Waals surface area contributed by atoms with E-state index in [1.165, 1.54) is 5.56 Å². The number of benzene rings is 3. The van der Waals surface area contributed by atoms with Crippen LogP contribution in [-0.2, 0) is 11.2 Å². The van der Waals surface area contributed by atoms with E-state index in [4.69, 9.17) is 9.15 Å². The Hall–Kier alpha value is -3.60. The zero-order chi connectivity index (χ0) is 20.2. The van der Waals surface area contributed by atoms with E-state index >= 15 is 0 Å². The van der Waals surface area contributed by atoms with E-state index in [-0.39, 0.29) is 12.5 Å². The average Bonchev–Trinajstić information content (AvgIpc) is 3.16. The van der Waals surface area contributed by atoms with Gasteiger partial charge in [-0.3, -0.25) is 4.79 Å². The summed E-state index contributed by atoms with van der Waals surface area (Å²) in [7, 11) is 0. The van der Waals surface area contributed by atoms with Crippen molar-refractivity contribution in [3.63, 3.8) is 0 Å². The van der Waals surface area contributed by atoms with Gasteiger partial charge in [0, 0.05) is 17.3 Å². The van der Waals surface area contributed by atoms with E-state index in [1.54, 1.807) is 12.1 Å². The van der Waals surface area contributed by atoms with Crippen LogP contribution in [0.15, 0.2) is 71.1 Å². The van der Waals surface area contributed by atoms with Crippen molar-refractivity contribution >= 4 is 22.7 Å². The molecule has 4 rings (SSSR count). The number of rotatable bonds is 6. The van der Waals surface area contributed by atoms with Gasteiger partial charge in [0.15, 0.2) is 12.2 Å². The number of fused-ring (bicyclic) bond motifs is 1. The minimum absolute atomic E-state index is 0.0611. The highest BCUT2D eigenvalue weighted by Gasteiger charge is 2.11. The summed E-state index contributed by atoms with van der Waals surface area (Å²) < 4.78 is 11.5. The standard InChI is InChI=1S/C24H22N2O3/c1-3-17-8-11-19(12-9-17)28-15-23(27)25-18-10-13-21-22(14-18)29-24(26-21)20-7-5-4-6-16(20)2/h4-14H,3,15H2,1-2H3,(H,25,27). The number of anilines is 1. The van der Waals surface area contributed by atoms with E-state index in [0.29, 0.717) is 22.9 Å². The van der Waals surface area contributed by atoms with Gasteiger partial charge in [0.05, 0.1) is 0 Å². The van der Waals surface area contributed by atoms with Crippen LogP contribution in [0.5, 0.6) is 5.75 Å². The van der Waals surface area contributed by atoms with Gasteiger partial charge < -0.3 is 14.5 Å². The molecule has 0 aliphatic heterocycles. The van der Waals surface area contributed by atoms with Crippen LogP contribution in [0.2, 0.25) is 0 Å². The van der Waals surface area contributed by atoms with Gasteiger partial charge in [0.2, 0.25) is 5.89 Å². The number of ether oxygens (including phenoxy) is 1. The molecule has 29 heavy (non-hydrogen) atoms. The highest BCUT2D eigenvalue weighted by molar-refractivity contribution is 5.94. The molecule has 3 aromatic carbocycles. The van der Waals surface area contributed by atoms with Gasteiger partial charge in [-0.2, -0.15) is 0 Å². The van der Waals surface area contributed by atoms with Crippen LogP contribution in [0.1, 0.15) is 18.1 Å². The molecule has 0 radical (unpaired) electrons. The van der Waals surface area contributed by atoms with Gasteiger partial charge in [-0.15, -0.1) is 0 Å². The molecular formula is C24H22N2O3. The molecule has 0 spiro atoms. The lowest BCUT2D eigenvalue weighted by atomic mass is 10.1. The Bertz CT molecular complexity index is 1150. The molecule has 0 aliphatic rings. The normalized spacial score (nSPS) is 10.8. The summed E-state index contributed by atoms with van der Waals surface area (Å²) in [5.74, 6) is 1.01. The quantitative estimate of drug-likeness (QED) is 0.483. The number of amides is 1. The van der Waals surface area contributed by atoms with Crippen molar-refractivity contribution in [3.05, 3.63) is 77.9 Å². The monoisotopic (exact) mass is 386 g/mol. The fourth-order valence-electron chi connectivity index (χ4n) is 3.10. The lowest BCUT2D eigenvalue weighted by Gasteiger charge is -2.08. The molecule has 146 valence electrons. The summed E-state index contributed by atoms with van der Waals surface area (Å²) >= 11 is 0. The predicted molar refractivity (Wildman–Crippen MR) is 114 cm³/mol. The van der Waals surface area contributed by atoms with Gasteiger partial charge in [0.1, 0.15) is 11.3 Å². The molecule has 4 aromatic rings. The van der Waals surface area contributed by atoms with Gasteiger partial charge in [-0.1, -0.05) is 37.3 Å². The number of carbonyl (C=O) groups excluding carboxylic acids is 1. The Morgan fingerprint density at radius 3 is 2.62 bits per heavy atom. The summed E-state index contributed by atoms with van der Waals surface area (Å²) in [4.78, 5) is 16.8. The highest BCUT2D eigenvalue weighted by atomic mass is 16.5. The largest absolute Gasteiger partial charge is 0.484 e. The van der Waals surface area contributed by atoms with E-state index in [0.717, 1.165) is 23.1 Å². The lowest BCUT2D eigenvalue weighted by molar-refractivity contribution is -0.118. The van der Waals surface area contributed by atoms with Crippen molar-refractivity contribution in [3.8, 4) is 17.2 Å². The van der Waals surface area contributed by atoms with Crippen LogP contribution in [0, 0.1) is 6.92 Å². The first kappa shape index (κ1) is 18.7. The third kappa shape index (κ3) is 4.29. The van der Waals surface area contributed by atoms with E-state index < -0.39 is 0 Å². The maximum Gasteiger partial charge on any atom is 0.262 e. The molecular weight excluding hydrogens is 364 g/mol. The number of nitrogens with one attached hydrogen (secondary N) is 1.